The number of nitriles is 1. The van der Waals surface area contributed by atoms with Crippen LogP contribution in [0.15, 0.2) is 59.5 Å². The van der Waals surface area contributed by atoms with Crippen molar-refractivity contribution >= 4 is 17.6 Å². The first-order valence-corrected chi connectivity index (χ1v) is 16.9. The van der Waals surface area contributed by atoms with Gasteiger partial charge in [0.25, 0.3) is 5.91 Å². The molecule has 2 saturated carbocycles. The van der Waals surface area contributed by atoms with Gasteiger partial charge in [0.15, 0.2) is 5.84 Å². The van der Waals surface area contributed by atoms with Gasteiger partial charge in [0.2, 0.25) is 5.91 Å². The predicted molar refractivity (Wildman–Crippen MR) is 184 cm³/mol. The molecule has 254 valence electrons. The number of fused-ring (bicyclic) bond motifs is 3. The van der Waals surface area contributed by atoms with Gasteiger partial charge in [0.1, 0.15) is 6.04 Å². The largest absolute Gasteiger partial charge is 0.405 e. The first-order valence-electron chi connectivity index (χ1n) is 16.9. The SMILES string of the molecule is C=CN.CCc1ccc2c(c1)CCc1cc(C(=O)NN)ccc1C2(CC(NCC(=O)N1C(C#N)CCC2C(C)C21)C1CC1)C(=N)N=NN. The van der Waals surface area contributed by atoms with E-state index < -0.39 is 5.41 Å². The van der Waals surface area contributed by atoms with E-state index in [1.807, 2.05) is 17.0 Å². The van der Waals surface area contributed by atoms with Crippen molar-refractivity contribution in [2.24, 2.45) is 45.5 Å². The van der Waals surface area contributed by atoms with Crippen LogP contribution in [0.5, 0.6) is 0 Å². The Morgan fingerprint density at radius 2 is 1.83 bits per heavy atom. The lowest BCUT2D eigenvalue weighted by Crippen LogP contribution is -2.51. The zero-order chi connectivity index (χ0) is 34.6. The number of amides is 2. The van der Waals surface area contributed by atoms with Crippen molar-refractivity contribution < 1.29 is 9.59 Å². The van der Waals surface area contributed by atoms with Crippen LogP contribution in [0.1, 0.15) is 84.1 Å². The highest BCUT2D eigenvalue weighted by molar-refractivity contribution is 5.97. The second-order valence-corrected chi connectivity index (χ2v) is 13.5. The summed E-state index contributed by atoms with van der Waals surface area (Å²) in [5, 5.41) is 30.6. The molecular weight excluding hydrogens is 604 g/mol. The minimum Gasteiger partial charge on any atom is -0.405 e. The van der Waals surface area contributed by atoms with Gasteiger partial charge in [-0.15, -0.1) is 5.11 Å². The maximum atomic E-state index is 13.7. The monoisotopic (exact) mass is 652 g/mol. The number of hydrogen-bond donors (Lipinski definition) is 6. The van der Waals surface area contributed by atoms with Gasteiger partial charge >= 0.3 is 0 Å². The van der Waals surface area contributed by atoms with E-state index in [2.05, 4.69) is 71.5 Å². The van der Waals surface area contributed by atoms with Gasteiger partial charge in [0.05, 0.1) is 18.0 Å². The van der Waals surface area contributed by atoms with Gasteiger partial charge in [-0.05, 0) is 115 Å². The second kappa shape index (κ2) is 14.7. The van der Waals surface area contributed by atoms with Crippen LogP contribution < -0.4 is 28.2 Å². The first-order chi connectivity index (χ1) is 23.2. The predicted octanol–water partition coefficient (Wildman–Crippen LogP) is 3.54. The molecule has 6 atom stereocenters. The van der Waals surface area contributed by atoms with Gasteiger partial charge in [-0.3, -0.25) is 20.4 Å². The Bertz CT molecular complexity index is 1630. The fourth-order valence-electron chi connectivity index (χ4n) is 8.18. The molecule has 1 aliphatic heterocycles. The lowest BCUT2D eigenvalue weighted by Gasteiger charge is -2.39. The number of likely N-dealkylation sites (tertiary alicyclic amines) is 1. The topological polar surface area (TPSA) is 212 Å². The highest BCUT2D eigenvalue weighted by atomic mass is 16.2. The minimum absolute atomic E-state index is 0.0173. The molecule has 12 heteroatoms. The third kappa shape index (κ3) is 6.57. The van der Waals surface area contributed by atoms with Gasteiger partial charge < -0.3 is 21.8 Å². The van der Waals surface area contributed by atoms with Crippen molar-refractivity contribution in [3.8, 4) is 6.07 Å². The summed E-state index contributed by atoms with van der Waals surface area (Å²) in [6, 6.07) is 14.0. The second-order valence-electron chi connectivity index (χ2n) is 13.5. The number of nitrogens with one attached hydrogen (secondary N) is 3. The number of carbonyl (C=O) groups is 2. The van der Waals surface area contributed by atoms with Gasteiger partial charge in [-0.1, -0.05) is 49.9 Å². The lowest BCUT2D eigenvalue weighted by molar-refractivity contribution is -0.133. The summed E-state index contributed by atoms with van der Waals surface area (Å²) < 4.78 is 0. The smallest absolute Gasteiger partial charge is 0.265 e. The molecule has 4 aliphatic rings. The van der Waals surface area contributed by atoms with E-state index >= 15 is 0 Å². The summed E-state index contributed by atoms with van der Waals surface area (Å²) in [5.74, 6) is 11.9. The van der Waals surface area contributed by atoms with Crippen LogP contribution in [0.25, 0.3) is 0 Å². The number of carbonyl (C=O) groups excluding carboxylic acids is 2. The molecule has 0 aromatic heterocycles. The Hall–Kier alpha value is -4.60. The number of piperidine rings is 1. The van der Waals surface area contributed by atoms with E-state index in [-0.39, 0.29) is 42.3 Å². The number of rotatable bonds is 9. The van der Waals surface area contributed by atoms with Crippen molar-refractivity contribution in [3.05, 3.63) is 82.6 Å². The van der Waals surface area contributed by atoms with Crippen LogP contribution in [0.3, 0.4) is 0 Å². The third-order valence-electron chi connectivity index (χ3n) is 10.8. The number of hydrazine groups is 1. The molecule has 2 aromatic carbocycles. The highest BCUT2D eigenvalue weighted by Gasteiger charge is 2.56. The maximum Gasteiger partial charge on any atom is 0.265 e. The average molecular weight is 653 g/mol. The number of amidine groups is 1. The molecule has 48 heavy (non-hydrogen) atoms. The van der Waals surface area contributed by atoms with Crippen LogP contribution in [0, 0.1) is 34.5 Å². The van der Waals surface area contributed by atoms with Crippen LogP contribution in [0.4, 0.5) is 0 Å². The number of aryl methyl sites for hydroxylation is 3. The van der Waals surface area contributed by atoms with Crippen molar-refractivity contribution in [3.63, 3.8) is 0 Å². The van der Waals surface area contributed by atoms with E-state index in [0.717, 1.165) is 60.8 Å². The van der Waals surface area contributed by atoms with Crippen molar-refractivity contribution in [2.45, 2.75) is 88.8 Å². The van der Waals surface area contributed by atoms with E-state index in [1.54, 1.807) is 6.07 Å². The molecule has 1 heterocycles. The summed E-state index contributed by atoms with van der Waals surface area (Å²) in [5.41, 5.74) is 11.4. The lowest BCUT2D eigenvalue weighted by atomic mass is 9.67. The highest BCUT2D eigenvalue weighted by Crippen LogP contribution is 2.51. The molecule has 3 fully saturated rings. The summed E-state index contributed by atoms with van der Waals surface area (Å²) in [6.07, 6.45) is 7.74. The van der Waals surface area contributed by atoms with Gasteiger partial charge in [-0.2, -0.15) is 5.26 Å². The number of nitrogen functional groups attached to an aromatic ring is 1. The van der Waals surface area contributed by atoms with Crippen molar-refractivity contribution in [1.82, 2.24) is 15.6 Å². The number of nitrogens with two attached hydrogens (primary N) is 3. The van der Waals surface area contributed by atoms with Gasteiger partial charge in [-0.25, -0.2) is 5.84 Å². The molecule has 3 aliphatic carbocycles. The molecule has 2 aromatic rings. The van der Waals surface area contributed by atoms with Crippen LogP contribution >= 0.6 is 0 Å². The Morgan fingerprint density at radius 3 is 2.44 bits per heavy atom. The molecule has 1 saturated heterocycles. The van der Waals surface area contributed by atoms with E-state index in [1.165, 1.54) is 11.8 Å². The number of benzene rings is 2. The molecule has 2 amide bonds. The Balaban J connectivity index is 0.00000145. The molecule has 6 unspecified atom stereocenters. The third-order valence-corrected chi connectivity index (χ3v) is 10.8. The zero-order valence-electron chi connectivity index (χ0n) is 27.9. The fraction of sp³-hybridized carbons (Fsp3) is 0.500. The summed E-state index contributed by atoms with van der Waals surface area (Å²) >= 11 is 0. The summed E-state index contributed by atoms with van der Waals surface area (Å²) in [4.78, 5) is 28.1. The molecule has 0 spiro atoms. The van der Waals surface area contributed by atoms with Crippen molar-refractivity contribution in [1.29, 1.82) is 10.7 Å². The quantitative estimate of drug-likeness (QED) is 0.0592. The molecule has 6 rings (SSSR count). The molecule has 9 N–H and O–H groups in total. The van der Waals surface area contributed by atoms with Gasteiger partial charge in [0, 0.05) is 17.6 Å². The van der Waals surface area contributed by atoms with E-state index in [0.29, 0.717) is 36.2 Å². The normalized spacial score (nSPS) is 25.9. The fourth-order valence-corrected chi connectivity index (χ4v) is 8.18. The van der Waals surface area contributed by atoms with Crippen LogP contribution in [-0.4, -0.2) is 47.2 Å². The standard InChI is InChI=1S/C34H43N9O2.C2H5N/c1-3-20-4-12-27-22(14-20)7-8-23-15-24(32(45)40-37)9-13-28(23)34(27,33(36)41-42-38)16-29(21-5-6-21)39-18-30(44)43-25(17-35)10-11-26-19(2)31(26)43;1-2-3/h4,9,12-15,19,21,25-26,29,31,39H,3,5-8,10-11,16,18,37H2,1-2H3,(H,40,45)(H3,36,38,41);2H,1,3H2. The van der Waals surface area contributed by atoms with Crippen LogP contribution in [0.2, 0.25) is 0 Å². The van der Waals surface area contributed by atoms with Crippen molar-refractivity contribution in [2.75, 3.05) is 6.54 Å². The number of nitrogens with zero attached hydrogens (tertiary/aromatic N) is 4. The molecular formula is C36H48N10O2. The summed E-state index contributed by atoms with van der Waals surface area (Å²) in [6.45, 7) is 7.56. The minimum atomic E-state index is -1.03. The van der Waals surface area contributed by atoms with Crippen LogP contribution in [-0.2, 0) is 29.5 Å². The number of hydrogen-bond acceptors (Lipinski definition) is 8. The Kier molecular flexibility index (Phi) is 10.6. The summed E-state index contributed by atoms with van der Waals surface area (Å²) in [7, 11) is 0. The molecule has 0 bridgehead atoms. The van der Waals surface area contributed by atoms with E-state index in [9.17, 15) is 20.3 Å². The average Bonchev–Trinajstić information content (AvgIpc) is 4.04. The zero-order valence-corrected chi connectivity index (χ0v) is 27.9. The Morgan fingerprint density at radius 1 is 1.17 bits per heavy atom. The molecule has 12 nitrogen and oxygen atoms in total. The maximum absolute atomic E-state index is 13.7. The molecule has 0 radical (unpaired) electrons. The first kappa shape index (κ1) is 34.7. The Labute approximate surface area is 282 Å². The van der Waals surface area contributed by atoms with E-state index in [4.69, 9.17) is 11.7 Å².